The van der Waals surface area contributed by atoms with Crippen molar-refractivity contribution in [1.29, 1.82) is 0 Å². The van der Waals surface area contributed by atoms with Gasteiger partial charge >= 0.3 is 6.09 Å². The van der Waals surface area contributed by atoms with Gasteiger partial charge in [0.05, 0.1) is 14.2 Å². The smallest absolute Gasteiger partial charge is 0.407 e. The van der Waals surface area contributed by atoms with E-state index in [1.54, 1.807) is 21.3 Å². The molecule has 9 heteroatoms. The second-order valence-corrected chi connectivity index (χ2v) is 8.87. The zero-order valence-electron chi connectivity index (χ0n) is 20.3. The number of guanidine groups is 1. The fourth-order valence-corrected chi connectivity index (χ4v) is 3.50. The third-order valence-electron chi connectivity index (χ3n) is 4.97. The van der Waals surface area contributed by atoms with E-state index in [1.165, 1.54) is 5.56 Å². The van der Waals surface area contributed by atoms with Crippen molar-refractivity contribution in [1.82, 2.24) is 20.9 Å². The molecule has 1 heterocycles. The van der Waals surface area contributed by atoms with Crippen LogP contribution in [0.4, 0.5) is 4.79 Å². The summed E-state index contributed by atoms with van der Waals surface area (Å²) < 4.78 is 16.0. The topological polar surface area (TPSA) is 96.5 Å². The molecule has 1 fully saturated rings. The van der Waals surface area contributed by atoms with E-state index in [0.717, 1.165) is 49.9 Å². The quantitative estimate of drug-likeness (QED) is 0.303. The van der Waals surface area contributed by atoms with Gasteiger partial charge in [0, 0.05) is 51.9 Å². The number of hydrogen-bond acceptors (Lipinski definition) is 6. The van der Waals surface area contributed by atoms with E-state index >= 15 is 0 Å². The first kappa shape index (κ1) is 25.6. The number of methoxy groups -OCH3 is 2. The second-order valence-electron chi connectivity index (χ2n) is 8.87. The SMILES string of the molecule is CN=C(NCCCNC(=O)OC(C)(C)C)NC1CCN(Cc2cc(OC)cc(OC)c2)C1. The molecule has 1 aromatic carbocycles. The third-order valence-corrected chi connectivity index (χ3v) is 4.97. The van der Waals surface area contributed by atoms with Crippen molar-refractivity contribution in [2.24, 2.45) is 4.99 Å². The van der Waals surface area contributed by atoms with Crippen molar-refractivity contribution in [3.8, 4) is 11.5 Å². The van der Waals surface area contributed by atoms with Crippen LogP contribution in [0.1, 0.15) is 39.2 Å². The van der Waals surface area contributed by atoms with Crippen molar-refractivity contribution < 1.29 is 19.0 Å². The molecular formula is C23H39N5O4. The normalized spacial score (nSPS) is 17.1. The maximum Gasteiger partial charge on any atom is 0.407 e. The van der Waals surface area contributed by atoms with Crippen LogP contribution in [0.3, 0.4) is 0 Å². The van der Waals surface area contributed by atoms with Crippen molar-refractivity contribution in [2.75, 3.05) is 47.4 Å². The van der Waals surface area contributed by atoms with Crippen molar-refractivity contribution in [3.05, 3.63) is 23.8 Å². The van der Waals surface area contributed by atoms with Crippen LogP contribution in [0, 0.1) is 0 Å². The molecule has 0 saturated carbocycles. The van der Waals surface area contributed by atoms with Gasteiger partial charge in [-0.25, -0.2) is 4.79 Å². The highest BCUT2D eigenvalue weighted by Crippen LogP contribution is 2.24. The molecule has 1 aliphatic heterocycles. The molecule has 1 aromatic rings. The van der Waals surface area contributed by atoms with Gasteiger partial charge in [-0.1, -0.05) is 0 Å². The molecule has 1 atom stereocenters. The maximum absolute atomic E-state index is 11.7. The fourth-order valence-electron chi connectivity index (χ4n) is 3.50. The summed E-state index contributed by atoms with van der Waals surface area (Å²) in [7, 11) is 5.10. The first-order valence-corrected chi connectivity index (χ1v) is 11.1. The number of ether oxygens (including phenoxy) is 3. The molecule has 1 saturated heterocycles. The monoisotopic (exact) mass is 449 g/mol. The van der Waals surface area contributed by atoms with E-state index in [-0.39, 0.29) is 6.09 Å². The first-order chi connectivity index (χ1) is 15.2. The summed E-state index contributed by atoms with van der Waals surface area (Å²) in [5, 5.41) is 9.56. The number of benzene rings is 1. The lowest BCUT2D eigenvalue weighted by molar-refractivity contribution is 0.0527. The number of nitrogens with zero attached hydrogens (tertiary/aromatic N) is 2. The molecule has 1 amide bonds. The predicted molar refractivity (Wildman–Crippen MR) is 127 cm³/mol. The van der Waals surface area contributed by atoms with Gasteiger partial charge < -0.3 is 30.2 Å². The average molecular weight is 450 g/mol. The van der Waals surface area contributed by atoms with E-state index in [2.05, 4.69) is 38.0 Å². The van der Waals surface area contributed by atoms with Gasteiger partial charge in [0.1, 0.15) is 17.1 Å². The zero-order valence-corrected chi connectivity index (χ0v) is 20.3. The maximum atomic E-state index is 11.7. The van der Waals surface area contributed by atoms with Crippen LogP contribution in [-0.2, 0) is 11.3 Å². The zero-order chi connectivity index (χ0) is 23.6. The Morgan fingerprint density at radius 2 is 1.78 bits per heavy atom. The molecule has 32 heavy (non-hydrogen) atoms. The number of alkyl carbamates (subject to hydrolysis) is 1. The Morgan fingerprint density at radius 1 is 1.12 bits per heavy atom. The molecule has 0 aliphatic carbocycles. The molecule has 1 aliphatic rings. The van der Waals surface area contributed by atoms with Crippen LogP contribution in [0.25, 0.3) is 0 Å². The Labute approximate surface area is 191 Å². The summed E-state index contributed by atoms with van der Waals surface area (Å²) in [6.45, 7) is 9.57. The fraction of sp³-hybridized carbons (Fsp3) is 0.652. The summed E-state index contributed by atoms with van der Waals surface area (Å²) in [6, 6.07) is 6.31. The van der Waals surface area contributed by atoms with Crippen LogP contribution in [0.5, 0.6) is 11.5 Å². The van der Waals surface area contributed by atoms with Gasteiger partial charge in [-0.15, -0.1) is 0 Å². The highest BCUT2D eigenvalue weighted by atomic mass is 16.6. The Morgan fingerprint density at radius 3 is 2.38 bits per heavy atom. The van der Waals surface area contributed by atoms with Crippen LogP contribution >= 0.6 is 0 Å². The summed E-state index contributed by atoms with van der Waals surface area (Å²) >= 11 is 0. The highest BCUT2D eigenvalue weighted by molar-refractivity contribution is 5.80. The van der Waals surface area contributed by atoms with E-state index in [9.17, 15) is 4.79 Å². The molecule has 1 unspecified atom stereocenters. The minimum atomic E-state index is -0.484. The molecule has 0 spiro atoms. The Bertz CT molecular complexity index is 741. The van der Waals surface area contributed by atoms with E-state index in [0.29, 0.717) is 19.1 Å². The minimum absolute atomic E-state index is 0.327. The Hall–Kier alpha value is -2.68. The molecule has 0 bridgehead atoms. The Kier molecular flexibility index (Phi) is 9.90. The second kappa shape index (κ2) is 12.4. The lowest BCUT2D eigenvalue weighted by Crippen LogP contribution is -2.45. The summed E-state index contributed by atoms with van der Waals surface area (Å²) in [4.78, 5) is 18.4. The van der Waals surface area contributed by atoms with Gasteiger partial charge in [-0.2, -0.15) is 0 Å². The predicted octanol–water partition coefficient (Wildman–Crippen LogP) is 2.36. The minimum Gasteiger partial charge on any atom is -0.497 e. The number of aliphatic imine (C=N–C) groups is 1. The van der Waals surface area contributed by atoms with Gasteiger partial charge in [0.15, 0.2) is 5.96 Å². The van der Waals surface area contributed by atoms with Crippen LogP contribution in [0.15, 0.2) is 23.2 Å². The first-order valence-electron chi connectivity index (χ1n) is 11.1. The van der Waals surface area contributed by atoms with E-state index < -0.39 is 5.60 Å². The molecular weight excluding hydrogens is 410 g/mol. The third kappa shape index (κ3) is 9.21. The van der Waals surface area contributed by atoms with Crippen molar-refractivity contribution >= 4 is 12.1 Å². The molecule has 9 nitrogen and oxygen atoms in total. The number of rotatable bonds is 9. The van der Waals surface area contributed by atoms with E-state index in [4.69, 9.17) is 14.2 Å². The Balaban J connectivity index is 1.70. The summed E-state index contributed by atoms with van der Waals surface area (Å²) in [6.07, 6.45) is 1.43. The lowest BCUT2D eigenvalue weighted by Gasteiger charge is -2.20. The molecule has 3 N–H and O–H groups in total. The van der Waals surface area contributed by atoms with Crippen molar-refractivity contribution in [3.63, 3.8) is 0 Å². The number of hydrogen-bond donors (Lipinski definition) is 3. The van der Waals surface area contributed by atoms with Crippen LogP contribution in [0.2, 0.25) is 0 Å². The van der Waals surface area contributed by atoms with Gasteiger partial charge in [0.2, 0.25) is 0 Å². The van der Waals surface area contributed by atoms with E-state index in [1.807, 2.05) is 26.8 Å². The number of carbonyl (C=O) groups excluding carboxylic acids is 1. The number of carbonyl (C=O) groups is 1. The van der Waals surface area contributed by atoms with Gasteiger partial charge in [-0.3, -0.25) is 9.89 Å². The van der Waals surface area contributed by atoms with Crippen LogP contribution < -0.4 is 25.4 Å². The van der Waals surface area contributed by atoms with Gasteiger partial charge in [0.25, 0.3) is 0 Å². The molecule has 180 valence electrons. The summed E-state index contributed by atoms with van der Waals surface area (Å²) in [5.74, 6) is 2.38. The molecule has 0 radical (unpaired) electrons. The lowest BCUT2D eigenvalue weighted by atomic mass is 10.2. The molecule has 0 aromatic heterocycles. The highest BCUT2D eigenvalue weighted by Gasteiger charge is 2.23. The number of amides is 1. The van der Waals surface area contributed by atoms with Gasteiger partial charge in [-0.05, 0) is 51.3 Å². The largest absolute Gasteiger partial charge is 0.497 e. The van der Waals surface area contributed by atoms with Crippen molar-refractivity contribution in [2.45, 2.75) is 51.8 Å². The number of likely N-dealkylation sites (tertiary alicyclic amines) is 1. The average Bonchev–Trinajstić information content (AvgIpc) is 3.17. The molecule has 2 rings (SSSR count). The van der Waals surface area contributed by atoms with Crippen LogP contribution in [-0.4, -0.2) is 76.0 Å². The number of nitrogens with one attached hydrogen (secondary N) is 3. The standard InChI is InChI=1S/C23H39N5O4/c1-23(2,3)32-22(29)26-10-7-9-25-21(24-4)27-18-8-11-28(16-18)15-17-12-19(30-5)14-20(13-17)31-6/h12-14,18H,7-11,15-16H2,1-6H3,(H,26,29)(H2,24,25,27). The summed E-state index contributed by atoms with van der Waals surface area (Å²) in [5.41, 5.74) is 0.684.